The Labute approximate surface area is 190 Å². The van der Waals surface area contributed by atoms with Crippen molar-refractivity contribution in [3.05, 3.63) is 89.7 Å². The molecule has 1 saturated heterocycles. The van der Waals surface area contributed by atoms with E-state index >= 15 is 0 Å². The number of aromatic nitrogens is 1. The summed E-state index contributed by atoms with van der Waals surface area (Å²) in [6.07, 6.45) is 1.62. The molecule has 3 aromatic rings. The van der Waals surface area contributed by atoms with Crippen LogP contribution in [0.2, 0.25) is 0 Å². The smallest absolute Gasteiger partial charge is 0.301 e. The summed E-state index contributed by atoms with van der Waals surface area (Å²) in [6, 6.07) is 14.1. The maximum atomic E-state index is 13.1. The van der Waals surface area contributed by atoms with Gasteiger partial charge in [0.1, 0.15) is 29.6 Å². The van der Waals surface area contributed by atoms with Crippen molar-refractivity contribution in [1.82, 2.24) is 5.16 Å². The minimum Gasteiger partial charge on any atom is -0.507 e. The highest BCUT2D eigenvalue weighted by Gasteiger charge is 2.48. The topological polar surface area (TPSA) is 102 Å². The van der Waals surface area contributed by atoms with Gasteiger partial charge in [0.15, 0.2) is 5.82 Å². The van der Waals surface area contributed by atoms with Crippen molar-refractivity contribution in [2.75, 3.05) is 18.6 Å². The molecule has 8 nitrogen and oxygen atoms in total. The summed E-state index contributed by atoms with van der Waals surface area (Å²) in [7, 11) is 1.52. The molecule has 0 aliphatic carbocycles. The molecule has 1 aliphatic rings. The number of ketones is 1. The van der Waals surface area contributed by atoms with E-state index < -0.39 is 17.7 Å². The third-order valence-electron chi connectivity index (χ3n) is 5.21. The van der Waals surface area contributed by atoms with E-state index in [0.29, 0.717) is 35.0 Å². The second-order valence-corrected chi connectivity index (χ2v) is 7.37. The maximum Gasteiger partial charge on any atom is 0.301 e. The molecule has 1 aromatic heterocycles. The summed E-state index contributed by atoms with van der Waals surface area (Å²) in [5.41, 5.74) is 0.874. The van der Waals surface area contributed by atoms with E-state index in [2.05, 4.69) is 11.7 Å². The Balaban J connectivity index is 1.86. The molecule has 0 saturated carbocycles. The number of aliphatic hydroxyl groups is 1. The molecule has 0 spiro atoms. The van der Waals surface area contributed by atoms with Gasteiger partial charge in [-0.15, -0.1) is 0 Å². The molecule has 8 heteroatoms. The number of methoxy groups -OCH3 is 1. The quantitative estimate of drug-likeness (QED) is 0.251. The Morgan fingerprint density at radius 2 is 1.94 bits per heavy atom. The van der Waals surface area contributed by atoms with Crippen LogP contribution in [0.1, 0.15) is 22.9 Å². The van der Waals surface area contributed by atoms with Gasteiger partial charge in [0, 0.05) is 11.6 Å². The van der Waals surface area contributed by atoms with Crippen LogP contribution in [0.15, 0.2) is 77.3 Å². The van der Waals surface area contributed by atoms with Crippen LogP contribution >= 0.6 is 0 Å². The van der Waals surface area contributed by atoms with Gasteiger partial charge >= 0.3 is 5.91 Å². The van der Waals surface area contributed by atoms with Crippen molar-refractivity contribution in [3.8, 4) is 11.5 Å². The number of aliphatic hydroxyl groups excluding tert-OH is 1. The Hall–Kier alpha value is -4.33. The molecule has 1 fully saturated rings. The van der Waals surface area contributed by atoms with E-state index in [1.54, 1.807) is 67.6 Å². The molecule has 1 unspecified atom stereocenters. The van der Waals surface area contributed by atoms with Gasteiger partial charge in [-0.2, -0.15) is 0 Å². The predicted molar refractivity (Wildman–Crippen MR) is 121 cm³/mol. The molecule has 4 rings (SSSR count). The monoisotopic (exact) mass is 446 g/mol. The van der Waals surface area contributed by atoms with Crippen LogP contribution in [0.25, 0.3) is 5.76 Å². The Kier molecular flexibility index (Phi) is 5.99. The highest BCUT2D eigenvalue weighted by atomic mass is 16.5. The van der Waals surface area contributed by atoms with Gasteiger partial charge in [0.2, 0.25) is 0 Å². The van der Waals surface area contributed by atoms with Gasteiger partial charge in [-0.05, 0) is 48.9 Å². The van der Waals surface area contributed by atoms with Crippen LogP contribution in [0.5, 0.6) is 11.5 Å². The number of benzene rings is 2. The average molecular weight is 446 g/mol. The van der Waals surface area contributed by atoms with Crippen LogP contribution in [-0.4, -0.2) is 35.7 Å². The number of Topliss-reactive ketones (excluding diaryl/α,β-unsaturated/α-hetero) is 1. The molecule has 1 amide bonds. The first-order chi connectivity index (χ1) is 15.9. The third kappa shape index (κ3) is 4.10. The fourth-order valence-electron chi connectivity index (χ4n) is 3.68. The summed E-state index contributed by atoms with van der Waals surface area (Å²) in [5.74, 6) is -0.177. The number of nitrogens with zero attached hydrogens (tertiary/aromatic N) is 2. The molecule has 0 radical (unpaired) electrons. The fourth-order valence-corrected chi connectivity index (χ4v) is 3.68. The van der Waals surface area contributed by atoms with E-state index in [1.165, 1.54) is 12.0 Å². The van der Waals surface area contributed by atoms with Crippen molar-refractivity contribution < 1.29 is 28.7 Å². The van der Waals surface area contributed by atoms with Crippen LogP contribution in [0, 0.1) is 6.92 Å². The molecular formula is C25H22N2O6. The average Bonchev–Trinajstić information content (AvgIpc) is 3.38. The zero-order chi connectivity index (χ0) is 23.5. The SMILES string of the molecule is C=CCOc1ccc(/C(O)=C2\C(=O)C(=O)N(c3cc(C)on3)C2c2cccc(OC)c2)cc1. The third-order valence-corrected chi connectivity index (χ3v) is 5.21. The van der Waals surface area contributed by atoms with E-state index in [1.807, 2.05) is 0 Å². The summed E-state index contributed by atoms with van der Waals surface area (Å²) in [4.78, 5) is 27.4. The van der Waals surface area contributed by atoms with Crippen LogP contribution in [0.4, 0.5) is 5.82 Å². The molecule has 1 N–H and O–H groups in total. The molecule has 168 valence electrons. The molecule has 2 aromatic carbocycles. The van der Waals surface area contributed by atoms with Crippen LogP contribution in [-0.2, 0) is 9.59 Å². The summed E-state index contributed by atoms with van der Waals surface area (Å²) < 4.78 is 15.9. The van der Waals surface area contributed by atoms with Gasteiger partial charge in [0.05, 0.1) is 18.7 Å². The number of ether oxygens (including phenoxy) is 2. The summed E-state index contributed by atoms with van der Waals surface area (Å²) in [5, 5.41) is 15.1. The van der Waals surface area contributed by atoms with E-state index in [9.17, 15) is 14.7 Å². The molecule has 1 atom stereocenters. The summed E-state index contributed by atoms with van der Waals surface area (Å²) in [6.45, 7) is 5.63. The van der Waals surface area contributed by atoms with E-state index in [0.717, 1.165) is 0 Å². The summed E-state index contributed by atoms with van der Waals surface area (Å²) >= 11 is 0. The van der Waals surface area contributed by atoms with Crippen molar-refractivity contribution in [2.45, 2.75) is 13.0 Å². The van der Waals surface area contributed by atoms with Gasteiger partial charge in [-0.3, -0.25) is 14.5 Å². The highest BCUT2D eigenvalue weighted by Crippen LogP contribution is 2.42. The van der Waals surface area contributed by atoms with Crippen LogP contribution in [0.3, 0.4) is 0 Å². The molecule has 2 heterocycles. The van der Waals surface area contributed by atoms with Crippen LogP contribution < -0.4 is 14.4 Å². The number of hydrogen-bond acceptors (Lipinski definition) is 7. The van der Waals surface area contributed by atoms with E-state index in [4.69, 9.17) is 14.0 Å². The largest absolute Gasteiger partial charge is 0.507 e. The highest BCUT2D eigenvalue weighted by molar-refractivity contribution is 6.51. The Bertz CT molecular complexity index is 1240. The van der Waals surface area contributed by atoms with Gasteiger partial charge in [0.25, 0.3) is 5.78 Å². The first-order valence-corrected chi connectivity index (χ1v) is 10.2. The van der Waals surface area contributed by atoms with Crippen molar-refractivity contribution in [3.63, 3.8) is 0 Å². The number of rotatable bonds is 7. The predicted octanol–water partition coefficient (Wildman–Crippen LogP) is 4.18. The lowest BCUT2D eigenvalue weighted by atomic mass is 9.95. The minimum atomic E-state index is -0.929. The number of carbonyl (C=O) groups is 2. The lowest BCUT2D eigenvalue weighted by Crippen LogP contribution is -2.29. The lowest BCUT2D eigenvalue weighted by molar-refractivity contribution is -0.132. The number of hydrogen-bond donors (Lipinski definition) is 1. The van der Waals surface area contributed by atoms with Crippen molar-refractivity contribution >= 4 is 23.3 Å². The number of carbonyl (C=O) groups excluding carboxylic acids is 2. The Morgan fingerprint density at radius 1 is 1.18 bits per heavy atom. The first-order valence-electron chi connectivity index (χ1n) is 10.2. The number of amides is 1. The second kappa shape index (κ2) is 9.04. The Morgan fingerprint density at radius 3 is 2.58 bits per heavy atom. The molecular weight excluding hydrogens is 424 g/mol. The maximum absolute atomic E-state index is 13.1. The van der Waals surface area contributed by atoms with Gasteiger partial charge in [-0.1, -0.05) is 29.9 Å². The molecule has 33 heavy (non-hydrogen) atoms. The first kappa shape index (κ1) is 21.9. The fraction of sp³-hybridized carbons (Fsp3) is 0.160. The van der Waals surface area contributed by atoms with Gasteiger partial charge in [-0.25, -0.2) is 0 Å². The van der Waals surface area contributed by atoms with Crippen molar-refractivity contribution in [2.24, 2.45) is 0 Å². The minimum absolute atomic E-state index is 0.0614. The number of anilines is 1. The standard InChI is InChI=1S/C25H22N2O6/c1-4-12-32-18-10-8-16(9-11-18)23(28)21-22(17-6-5-7-19(14-17)31-3)27(25(30)24(21)29)20-13-15(2)33-26-20/h4-11,13-14,22,28H,1,12H2,2-3H3/b23-21+. The second-order valence-electron chi connectivity index (χ2n) is 7.37. The van der Waals surface area contributed by atoms with Crippen molar-refractivity contribution in [1.29, 1.82) is 0 Å². The van der Waals surface area contributed by atoms with E-state index in [-0.39, 0.29) is 17.2 Å². The normalized spacial score (nSPS) is 17.3. The zero-order valence-electron chi connectivity index (χ0n) is 18.1. The zero-order valence-corrected chi connectivity index (χ0v) is 18.1. The number of aryl methyl sites for hydroxylation is 1. The lowest BCUT2D eigenvalue weighted by Gasteiger charge is -2.23. The molecule has 0 bridgehead atoms. The van der Waals surface area contributed by atoms with Gasteiger partial charge < -0.3 is 19.1 Å². The molecule has 1 aliphatic heterocycles.